The van der Waals surface area contributed by atoms with Crippen molar-refractivity contribution in [2.24, 2.45) is 12.5 Å². The van der Waals surface area contributed by atoms with Crippen molar-refractivity contribution in [3.63, 3.8) is 0 Å². The van der Waals surface area contributed by atoms with E-state index in [-0.39, 0.29) is 45.9 Å². The smallest absolute Gasteiger partial charge is 0.336 e. The van der Waals surface area contributed by atoms with Gasteiger partial charge in [0.05, 0.1) is 11.3 Å². The Morgan fingerprint density at radius 3 is 2.35 bits per heavy atom. The number of H-pyrrole nitrogens is 1. The Morgan fingerprint density at radius 2 is 1.71 bits per heavy atom. The molecule has 1 atom stereocenters. The van der Waals surface area contributed by atoms with Crippen LogP contribution in [0, 0.1) is 24.0 Å². The van der Waals surface area contributed by atoms with Crippen molar-refractivity contribution in [2.75, 3.05) is 4.72 Å². The summed E-state index contributed by atoms with van der Waals surface area (Å²) in [5, 5.41) is 12.1. The lowest BCUT2D eigenvalue weighted by molar-refractivity contribution is -0.139. The number of nitrogens with zero attached hydrogens (tertiary/aromatic N) is 3. The van der Waals surface area contributed by atoms with Gasteiger partial charge in [0.25, 0.3) is 21.5 Å². The molecule has 0 fully saturated rings. The van der Waals surface area contributed by atoms with Gasteiger partial charge >= 0.3 is 11.7 Å². The number of hydrogen-bond donors (Lipinski definition) is 4. The summed E-state index contributed by atoms with van der Waals surface area (Å²) in [5.74, 6) is -5.51. The molecule has 5 rings (SSSR count). The second-order valence-corrected chi connectivity index (χ2v) is 14.9. The van der Waals surface area contributed by atoms with Gasteiger partial charge in [-0.1, -0.05) is 39.0 Å². The fourth-order valence-electron chi connectivity index (χ4n) is 5.29. The number of anilines is 1. The highest BCUT2D eigenvalue weighted by Crippen LogP contribution is 2.29. The molecule has 17 heteroatoms. The molecule has 0 unspecified atom stereocenters. The molecular weight excluding hydrogens is 702 g/mol. The van der Waals surface area contributed by atoms with E-state index in [0.717, 1.165) is 10.8 Å². The van der Waals surface area contributed by atoms with E-state index in [0.29, 0.717) is 23.2 Å². The van der Waals surface area contributed by atoms with E-state index in [1.165, 1.54) is 49.1 Å². The Bertz CT molecular complexity index is 2450. The van der Waals surface area contributed by atoms with Crippen LogP contribution < -0.4 is 21.3 Å². The molecule has 5 aromatic rings. The lowest BCUT2D eigenvalue weighted by atomic mass is 9.87. The molecule has 1 amide bonds. The average Bonchev–Trinajstić information content (AvgIpc) is 3.50. The van der Waals surface area contributed by atoms with E-state index in [1.807, 2.05) is 4.72 Å². The van der Waals surface area contributed by atoms with Gasteiger partial charge in [-0.3, -0.25) is 19.1 Å². The number of aromatic amines is 1. The maximum Gasteiger partial charge on any atom is 0.336 e. The van der Waals surface area contributed by atoms with Gasteiger partial charge in [0, 0.05) is 66.4 Å². The number of aryl methyl sites for hydroxylation is 2. The number of aliphatic carboxylic acids is 1. The van der Waals surface area contributed by atoms with E-state index in [1.54, 1.807) is 32.9 Å². The van der Waals surface area contributed by atoms with Gasteiger partial charge in [0.2, 0.25) is 0 Å². The van der Waals surface area contributed by atoms with Gasteiger partial charge in [-0.25, -0.2) is 36.3 Å². The molecule has 0 bridgehead atoms. The van der Waals surface area contributed by atoms with Crippen LogP contribution >= 0.6 is 0 Å². The summed E-state index contributed by atoms with van der Waals surface area (Å²) in [6.07, 6.45) is 3.50. The van der Waals surface area contributed by atoms with E-state index >= 15 is 8.78 Å². The predicted molar refractivity (Wildman–Crippen MR) is 186 cm³/mol. The first kappa shape index (κ1) is 37.3. The van der Waals surface area contributed by atoms with Gasteiger partial charge in [-0.2, -0.15) is 0 Å². The first-order valence-corrected chi connectivity index (χ1v) is 17.2. The summed E-state index contributed by atoms with van der Waals surface area (Å²) in [4.78, 5) is 69.1. The van der Waals surface area contributed by atoms with Crippen LogP contribution in [-0.2, 0) is 39.5 Å². The third-order valence-electron chi connectivity index (χ3n) is 8.25. The van der Waals surface area contributed by atoms with Gasteiger partial charge in [-0.05, 0) is 36.2 Å². The Labute approximate surface area is 295 Å². The summed E-state index contributed by atoms with van der Waals surface area (Å²) >= 11 is 0. The van der Waals surface area contributed by atoms with Crippen LogP contribution in [0.1, 0.15) is 47.8 Å². The lowest BCUT2D eigenvalue weighted by Gasteiger charge is -2.16. The molecule has 3 heterocycles. The summed E-state index contributed by atoms with van der Waals surface area (Å²) in [6, 6.07) is 6.67. The number of aromatic nitrogens is 4. The van der Waals surface area contributed by atoms with Crippen molar-refractivity contribution >= 4 is 44.3 Å². The third-order valence-corrected chi connectivity index (χ3v) is 9.65. The quantitative estimate of drug-likeness (QED) is 0.157. The minimum absolute atomic E-state index is 0.0164. The second-order valence-electron chi connectivity index (χ2n) is 13.2. The van der Waals surface area contributed by atoms with Crippen LogP contribution in [0.2, 0.25) is 0 Å². The van der Waals surface area contributed by atoms with Crippen molar-refractivity contribution in [2.45, 2.75) is 51.5 Å². The van der Waals surface area contributed by atoms with E-state index in [9.17, 15) is 37.5 Å². The molecule has 0 saturated carbocycles. The van der Waals surface area contributed by atoms with E-state index in [4.69, 9.17) is 0 Å². The third kappa shape index (κ3) is 7.68. The van der Waals surface area contributed by atoms with E-state index < -0.39 is 67.5 Å². The summed E-state index contributed by atoms with van der Waals surface area (Å²) in [7, 11) is -3.04. The van der Waals surface area contributed by atoms with Crippen LogP contribution in [-0.4, -0.2) is 56.3 Å². The number of carbonyl (C=O) groups excluding carboxylic acids is 2. The van der Waals surface area contributed by atoms with Crippen LogP contribution in [0.15, 0.2) is 75.5 Å². The van der Waals surface area contributed by atoms with Crippen molar-refractivity contribution in [1.29, 1.82) is 0 Å². The van der Waals surface area contributed by atoms with Crippen molar-refractivity contribution < 1.29 is 36.7 Å². The highest BCUT2D eigenvalue weighted by Gasteiger charge is 2.27. The number of nitrogens with one attached hydrogen (secondary N) is 3. The number of ketones is 1. The number of Topliss-reactive ketones (excluding diaryl/α,β-unsaturated/α-hetero) is 1. The van der Waals surface area contributed by atoms with Crippen molar-refractivity contribution in [3.05, 3.63) is 116 Å². The summed E-state index contributed by atoms with van der Waals surface area (Å²) in [6.45, 7) is 6.89. The zero-order chi connectivity index (χ0) is 38.3. The number of carbonyl (C=O) groups is 3. The van der Waals surface area contributed by atoms with Gasteiger partial charge in [-0.15, -0.1) is 0 Å². The van der Waals surface area contributed by atoms with Crippen molar-refractivity contribution in [3.8, 4) is 5.82 Å². The standard InChI is InChI=1S/C35H34F2N6O8S/c1-18-17-42(5)34(49)43(32(18)46)30-9-7-20(15-39-30)11-27(33(47)48)40-31(45)22-13-24(37)26(14-23(22)36)41-52(50,51)28-16-38-25-10-19(6-8-21(25)28)12-29(44)35(2,3)4/h6-10,13-17,27,38,41H,11-12H2,1-5H3,(H,40,45)(H,47,48)/t27-/m0/s1. The maximum atomic E-state index is 15.2. The zero-order valence-corrected chi connectivity index (χ0v) is 29.4. The molecule has 4 N–H and O–H groups in total. The highest BCUT2D eigenvalue weighted by molar-refractivity contribution is 7.93. The lowest BCUT2D eigenvalue weighted by Crippen LogP contribution is -2.42. The highest BCUT2D eigenvalue weighted by atomic mass is 32.2. The largest absolute Gasteiger partial charge is 0.480 e. The first-order valence-electron chi connectivity index (χ1n) is 15.7. The molecule has 52 heavy (non-hydrogen) atoms. The number of sulfonamides is 1. The Morgan fingerprint density at radius 1 is 1.02 bits per heavy atom. The molecule has 0 radical (unpaired) electrons. The number of pyridine rings is 1. The number of rotatable bonds is 11. The molecule has 272 valence electrons. The molecular formula is C35H34F2N6O8S. The number of hydrogen-bond acceptors (Lipinski definition) is 8. The molecule has 0 aliphatic heterocycles. The summed E-state index contributed by atoms with van der Waals surface area (Å²) in [5.41, 5.74) is -1.92. The average molecular weight is 737 g/mol. The zero-order valence-electron chi connectivity index (χ0n) is 28.6. The Hall–Kier alpha value is -5.97. The molecule has 14 nitrogen and oxygen atoms in total. The molecule has 0 saturated heterocycles. The SMILES string of the molecule is Cc1cn(C)c(=O)n(-c2ccc(C[C@H](NC(=O)c3cc(F)c(NS(=O)(=O)c4c[nH]c5cc(CC(=O)C(C)(C)C)ccc45)cc3F)C(=O)O)cn2)c1=O. The minimum Gasteiger partial charge on any atom is -0.480 e. The number of carboxylic acid groups (broad SMARTS) is 1. The van der Waals surface area contributed by atoms with Crippen LogP contribution in [0.3, 0.4) is 0 Å². The van der Waals surface area contributed by atoms with Crippen molar-refractivity contribution in [1.82, 2.24) is 24.4 Å². The first-order chi connectivity index (χ1) is 24.3. The molecule has 2 aromatic carbocycles. The monoisotopic (exact) mass is 736 g/mol. The van der Waals surface area contributed by atoms with Gasteiger partial charge in [0.1, 0.15) is 34.2 Å². The minimum atomic E-state index is -4.50. The normalized spacial score (nSPS) is 12.4. The topological polar surface area (TPSA) is 202 Å². The van der Waals surface area contributed by atoms with Crippen LogP contribution in [0.25, 0.3) is 16.7 Å². The molecule has 0 spiro atoms. The number of benzene rings is 2. The Balaban J connectivity index is 1.31. The fraction of sp³-hybridized carbons (Fsp3) is 0.257. The van der Waals surface area contributed by atoms with Gasteiger partial charge < -0.3 is 20.0 Å². The molecule has 3 aromatic heterocycles. The number of carboxylic acids is 1. The molecule has 0 aliphatic rings. The second kappa shape index (κ2) is 14.0. The molecule has 0 aliphatic carbocycles. The number of amides is 1. The van der Waals surface area contributed by atoms with Gasteiger partial charge in [0.15, 0.2) is 0 Å². The predicted octanol–water partition coefficient (Wildman–Crippen LogP) is 3.38. The van der Waals surface area contributed by atoms with Crippen LogP contribution in [0.5, 0.6) is 0 Å². The maximum absolute atomic E-state index is 15.2. The summed E-state index contributed by atoms with van der Waals surface area (Å²) < 4.78 is 60.9. The van der Waals surface area contributed by atoms with Crippen LogP contribution in [0.4, 0.5) is 14.5 Å². The number of halogens is 2. The fourth-order valence-corrected chi connectivity index (χ4v) is 6.53. The Kier molecular flexibility index (Phi) is 10.0. The van der Waals surface area contributed by atoms with E-state index in [2.05, 4.69) is 15.3 Å². The number of fused-ring (bicyclic) bond motifs is 1.